The number of nitrogens with zero attached hydrogens (tertiary/aromatic N) is 1. The molecule has 2 amide bonds. The van der Waals surface area contributed by atoms with E-state index >= 15 is 0 Å². The van der Waals surface area contributed by atoms with Crippen molar-refractivity contribution in [2.45, 2.75) is 47.5 Å². The molecule has 0 unspecified atom stereocenters. The lowest BCUT2D eigenvalue weighted by Crippen LogP contribution is -2.37. The van der Waals surface area contributed by atoms with Gasteiger partial charge in [-0.05, 0) is 68.0 Å². The number of anilines is 1. The Morgan fingerprint density at radius 3 is 2.17 bits per heavy atom. The number of hydrogen-bond donors (Lipinski definition) is 1. The van der Waals surface area contributed by atoms with Crippen LogP contribution in [0.4, 0.5) is 5.69 Å². The number of carbonyl (C=O) groups excluding carboxylic acids is 2. The van der Waals surface area contributed by atoms with Crippen LogP contribution in [-0.2, 0) is 9.59 Å². The topological polar surface area (TPSA) is 58.6 Å². The third-order valence-electron chi connectivity index (χ3n) is 4.97. The number of hydrogen-bond acceptors (Lipinski definition) is 3. The first-order valence-corrected chi connectivity index (χ1v) is 9.93. The van der Waals surface area contributed by atoms with Gasteiger partial charge in [0.2, 0.25) is 5.91 Å². The minimum atomic E-state index is -0.247. The summed E-state index contributed by atoms with van der Waals surface area (Å²) in [6, 6.07) is 9.91. The molecule has 0 aliphatic rings. The average molecular weight is 397 g/mol. The zero-order chi connectivity index (χ0) is 21.7. The number of ether oxygens (including phenoxy) is 1. The minimum absolute atomic E-state index is 0.0275. The van der Waals surface area contributed by atoms with Gasteiger partial charge in [-0.25, -0.2) is 0 Å². The number of likely N-dealkylation sites (N-methyl/N-ethyl adjacent to an activating group) is 1. The molecule has 0 aliphatic carbocycles. The Balaban J connectivity index is 1.90. The molecule has 0 atom stereocenters. The maximum Gasteiger partial charge on any atom is 0.260 e. The van der Waals surface area contributed by atoms with Gasteiger partial charge in [0.05, 0.1) is 6.54 Å². The summed E-state index contributed by atoms with van der Waals surface area (Å²) in [5.41, 5.74) is 6.37. The van der Waals surface area contributed by atoms with Gasteiger partial charge in [0.25, 0.3) is 5.91 Å². The zero-order valence-electron chi connectivity index (χ0n) is 18.6. The summed E-state index contributed by atoms with van der Waals surface area (Å²) in [5, 5.41) is 2.92. The highest BCUT2D eigenvalue weighted by atomic mass is 16.5. The van der Waals surface area contributed by atoms with E-state index < -0.39 is 0 Å². The van der Waals surface area contributed by atoms with E-state index in [1.165, 1.54) is 10.5 Å². The van der Waals surface area contributed by atoms with E-state index in [1.807, 2.05) is 58.0 Å². The van der Waals surface area contributed by atoms with Gasteiger partial charge in [-0.3, -0.25) is 9.59 Å². The molecule has 0 spiro atoms. The van der Waals surface area contributed by atoms with Gasteiger partial charge in [0, 0.05) is 12.7 Å². The predicted molar refractivity (Wildman–Crippen MR) is 118 cm³/mol. The fourth-order valence-electron chi connectivity index (χ4n) is 3.50. The second-order valence-corrected chi connectivity index (χ2v) is 8.03. The smallest absolute Gasteiger partial charge is 0.260 e. The lowest BCUT2D eigenvalue weighted by molar-refractivity contribution is -0.135. The van der Waals surface area contributed by atoms with Crippen LogP contribution in [0.25, 0.3) is 0 Å². The summed E-state index contributed by atoms with van der Waals surface area (Å²) in [4.78, 5) is 26.1. The molecule has 156 valence electrons. The van der Waals surface area contributed by atoms with Crippen molar-refractivity contribution in [1.29, 1.82) is 0 Å². The van der Waals surface area contributed by atoms with Crippen LogP contribution in [0.15, 0.2) is 30.3 Å². The molecule has 2 aromatic rings. The summed E-state index contributed by atoms with van der Waals surface area (Å²) < 4.78 is 5.63. The third kappa shape index (κ3) is 6.08. The van der Waals surface area contributed by atoms with Gasteiger partial charge >= 0.3 is 0 Å². The molecule has 0 bridgehead atoms. The van der Waals surface area contributed by atoms with Gasteiger partial charge in [-0.1, -0.05) is 37.6 Å². The maximum absolute atomic E-state index is 12.4. The Hall–Kier alpha value is -2.82. The monoisotopic (exact) mass is 396 g/mol. The molecule has 0 saturated carbocycles. The van der Waals surface area contributed by atoms with E-state index in [0.717, 1.165) is 27.9 Å². The summed E-state index contributed by atoms with van der Waals surface area (Å²) in [6.45, 7) is 12.1. The highest BCUT2D eigenvalue weighted by molar-refractivity contribution is 5.95. The Bertz CT molecular complexity index is 880. The number of benzene rings is 2. The van der Waals surface area contributed by atoms with Crippen molar-refractivity contribution in [3.05, 3.63) is 58.1 Å². The lowest BCUT2D eigenvalue weighted by Gasteiger charge is -2.19. The van der Waals surface area contributed by atoms with E-state index in [1.54, 1.807) is 7.05 Å². The molecule has 0 heterocycles. The Morgan fingerprint density at radius 2 is 1.62 bits per heavy atom. The van der Waals surface area contributed by atoms with E-state index in [4.69, 9.17) is 4.74 Å². The van der Waals surface area contributed by atoms with Crippen LogP contribution in [0.1, 0.15) is 47.6 Å². The zero-order valence-corrected chi connectivity index (χ0v) is 18.6. The summed E-state index contributed by atoms with van der Waals surface area (Å²) in [7, 11) is 1.60. The number of nitrogens with one attached hydrogen (secondary N) is 1. The van der Waals surface area contributed by atoms with Crippen molar-refractivity contribution in [3.8, 4) is 5.75 Å². The molecule has 1 N–H and O–H groups in total. The normalized spacial score (nSPS) is 10.8. The Kier molecular flexibility index (Phi) is 7.43. The molecule has 0 radical (unpaired) electrons. The third-order valence-corrected chi connectivity index (χ3v) is 4.97. The molecule has 5 heteroatoms. The van der Waals surface area contributed by atoms with E-state index in [9.17, 15) is 9.59 Å². The molecule has 5 nitrogen and oxygen atoms in total. The molecule has 0 aliphatic heterocycles. The highest BCUT2D eigenvalue weighted by Gasteiger charge is 2.16. The standard InChI is InChI=1S/C24H32N2O3/c1-15(2)21-9-8-20(12-17(21)4)29-14-23(28)26(7)13-22(27)25-24-18(5)10-16(3)11-19(24)6/h8-12,15H,13-14H2,1-7H3,(H,25,27). The minimum Gasteiger partial charge on any atom is -0.484 e. The van der Waals surface area contributed by atoms with E-state index in [2.05, 4.69) is 19.2 Å². The second-order valence-electron chi connectivity index (χ2n) is 8.03. The van der Waals surface area contributed by atoms with Crippen LogP contribution in [-0.4, -0.2) is 36.9 Å². The molecule has 2 rings (SSSR count). The number of amides is 2. The summed E-state index contributed by atoms with van der Waals surface area (Å²) in [6.07, 6.45) is 0. The fraction of sp³-hybridized carbons (Fsp3) is 0.417. The van der Waals surface area contributed by atoms with Gasteiger partial charge in [-0.2, -0.15) is 0 Å². The van der Waals surface area contributed by atoms with Crippen molar-refractivity contribution < 1.29 is 14.3 Å². The number of aryl methyl sites for hydroxylation is 4. The first-order valence-electron chi connectivity index (χ1n) is 9.93. The molecule has 0 saturated heterocycles. The van der Waals surface area contributed by atoms with Crippen LogP contribution in [0.2, 0.25) is 0 Å². The fourth-order valence-corrected chi connectivity index (χ4v) is 3.50. The van der Waals surface area contributed by atoms with Crippen LogP contribution in [0, 0.1) is 27.7 Å². The lowest BCUT2D eigenvalue weighted by atomic mass is 9.98. The van der Waals surface area contributed by atoms with Crippen molar-refractivity contribution in [2.24, 2.45) is 0 Å². The summed E-state index contributed by atoms with van der Waals surface area (Å²) >= 11 is 0. The number of rotatable bonds is 7. The Labute approximate surface area is 174 Å². The molecule has 29 heavy (non-hydrogen) atoms. The number of carbonyl (C=O) groups is 2. The van der Waals surface area contributed by atoms with E-state index in [0.29, 0.717) is 11.7 Å². The van der Waals surface area contributed by atoms with Crippen LogP contribution >= 0.6 is 0 Å². The molecular weight excluding hydrogens is 364 g/mol. The van der Waals surface area contributed by atoms with Crippen molar-refractivity contribution in [1.82, 2.24) is 4.90 Å². The average Bonchev–Trinajstić information content (AvgIpc) is 2.62. The van der Waals surface area contributed by atoms with Gasteiger partial charge in [-0.15, -0.1) is 0 Å². The van der Waals surface area contributed by atoms with Gasteiger partial charge in [0.1, 0.15) is 5.75 Å². The summed E-state index contributed by atoms with van der Waals surface area (Å²) in [5.74, 6) is 0.622. The van der Waals surface area contributed by atoms with Crippen molar-refractivity contribution >= 4 is 17.5 Å². The highest BCUT2D eigenvalue weighted by Crippen LogP contribution is 2.24. The molecular formula is C24H32N2O3. The van der Waals surface area contributed by atoms with Crippen LogP contribution < -0.4 is 10.1 Å². The van der Waals surface area contributed by atoms with Crippen molar-refractivity contribution in [3.63, 3.8) is 0 Å². The predicted octanol–water partition coefficient (Wildman–Crippen LogP) is 4.52. The second kappa shape index (κ2) is 9.59. The SMILES string of the molecule is Cc1cc(C)c(NC(=O)CN(C)C(=O)COc2ccc(C(C)C)c(C)c2)c(C)c1. The van der Waals surface area contributed by atoms with Crippen molar-refractivity contribution in [2.75, 3.05) is 25.5 Å². The maximum atomic E-state index is 12.4. The first-order chi connectivity index (χ1) is 13.6. The largest absolute Gasteiger partial charge is 0.484 e. The quantitative estimate of drug-likeness (QED) is 0.749. The molecule has 2 aromatic carbocycles. The van der Waals surface area contributed by atoms with Gasteiger partial charge < -0.3 is 15.0 Å². The molecule has 0 fully saturated rings. The van der Waals surface area contributed by atoms with Crippen LogP contribution in [0.5, 0.6) is 5.75 Å². The van der Waals surface area contributed by atoms with Gasteiger partial charge in [0.15, 0.2) is 6.61 Å². The Morgan fingerprint density at radius 1 is 1.00 bits per heavy atom. The van der Waals surface area contributed by atoms with Crippen LogP contribution in [0.3, 0.4) is 0 Å². The van der Waals surface area contributed by atoms with E-state index in [-0.39, 0.29) is 25.0 Å². The molecule has 0 aromatic heterocycles. The first kappa shape index (κ1) is 22.5.